The Morgan fingerprint density at radius 1 is 1.26 bits per heavy atom. The lowest BCUT2D eigenvalue weighted by Gasteiger charge is -2.38. The van der Waals surface area contributed by atoms with Crippen molar-refractivity contribution in [3.63, 3.8) is 0 Å². The van der Waals surface area contributed by atoms with Gasteiger partial charge in [-0.2, -0.15) is 4.98 Å². The van der Waals surface area contributed by atoms with E-state index in [4.69, 9.17) is 0 Å². The van der Waals surface area contributed by atoms with E-state index in [-0.39, 0.29) is 5.54 Å². The standard InChI is InChI=1S/C14H21N5/c1-11-4-5-12-16-13(17-19(12)10-11)18-8-6-14(2,15-3)7-9-18/h4-5,10,15H,6-9H2,1-3H3. The molecule has 0 atom stereocenters. The third-order valence-corrected chi connectivity index (χ3v) is 4.22. The molecule has 19 heavy (non-hydrogen) atoms. The van der Waals surface area contributed by atoms with E-state index in [9.17, 15) is 0 Å². The Balaban J connectivity index is 1.82. The van der Waals surface area contributed by atoms with Crippen molar-refractivity contribution in [2.45, 2.75) is 32.2 Å². The predicted octanol–water partition coefficient (Wildman–Crippen LogP) is 1.62. The number of fused-ring (bicyclic) bond motifs is 1. The monoisotopic (exact) mass is 259 g/mol. The average Bonchev–Trinajstić information content (AvgIpc) is 2.82. The number of rotatable bonds is 2. The minimum absolute atomic E-state index is 0.256. The van der Waals surface area contributed by atoms with Crippen LogP contribution >= 0.6 is 0 Å². The van der Waals surface area contributed by atoms with E-state index in [0.717, 1.165) is 37.5 Å². The van der Waals surface area contributed by atoms with Crippen molar-refractivity contribution in [3.05, 3.63) is 23.9 Å². The highest BCUT2D eigenvalue weighted by atomic mass is 15.4. The summed E-state index contributed by atoms with van der Waals surface area (Å²) in [5, 5.41) is 8.00. The summed E-state index contributed by atoms with van der Waals surface area (Å²) in [6, 6.07) is 4.09. The number of pyridine rings is 1. The van der Waals surface area contributed by atoms with Crippen LogP contribution in [0.1, 0.15) is 25.3 Å². The molecular weight excluding hydrogens is 238 g/mol. The zero-order valence-corrected chi connectivity index (χ0v) is 11.8. The van der Waals surface area contributed by atoms with Gasteiger partial charge in [0.25, 0.3) is 0 Å². The molecule has 1 aliphatic rings. The summed E-state index contributed by atoms with van der Waals surface area (Å²) in [6.07, 6.45) is 4.27. The van der Waals surface area contributed by atoms with Gasteiger partial charge in [0.1, 0.15) is 0 Å². The third kappa shape index (κ3) is 2.30. The molecule has 0 unspecified atom stereocenters. The number of nitrogens with zero attached hydrogens (tertiary/aromatic N) is 4. The Morgan fingerprint density at radius 2 is 2.00 bits per heavy atom. The summed E-state index contributed by atoms with van der Waals surface area (Å²) >= 11 is 0. The van der Waals surface area contributed by atoms with Crippen molar-refractivity contribution in [2.75, 3.05) is 25.0 Å². The summed E-state index contributed by atoms with van der Waals surface area (Å²) in [5.41, 5.74) is 2.37. The lowest BCUT2D eigenvalue weighted by atomic mass is 9.90. The Bertz CT molecular complexity index is 581. The molecule has 0 bridgehead atoms. The second-order valence-electron chi connectivity index (χ2n) is 5.72. The quantitative estimate of drug-likeness (QED) is 0.890. The maximum atomic E-state index is 4.61. The van der Waals surface area contributed by atoms with Gasteiger partial charge in [0.2, 0.25) is 5.95 Å². The van der Waals surface area contributed by atoms with Crippen LogP contribution in [-0.4, -0.2) is 40.3 Å². The van der Waals surface area contributed by atoms with Gasteiger partial charge in [-0.05, 0) is 45.4 Å². The van der Waals surface area contributed by atoms with Crippen LogP contribution in [0.15, 0.2) is 18.3 Å². The van der Waals surface area contributed by atoms with E-state index >= 15 is 0 Å². The molecule has 1 saturated heterocycles. The fourth-order valence-electron chi connectivity index (χ4n) is 2.56. The van der Waals surface area contributed by atoms with Gasteiger partial charge >= 0.3 is 0 Å². The first-order valence-corrected chi connectivity index (χ1v) is 6.87. The van der Waals surface area contributed by atoms with Crippen molar-refractivity contribution in [1.29, 1.82) is 0 Å². The maximum absolute atomic E-state index is 4.61. The largest absolute Gasteiger partial charge is 0.339 e. The zero-order chi connectivity index (χ0) is 13.5. The van der Waals surface area contributed by atoms with E-state index in [0.29, 0.717) is 0 Å². The molecule has 0 saturated carbocycles. The SMILES string of the molecule is CNC1(C)CCN(c2nc3ccc(C)cn3n2)CC1. The fraction of sp³-hybridized carbons (Fsp3) is 0.571. The van der Waals surface area contributed by atoms with E-state index < -0.39 is 0 Å². The average molecular weight is 259 g/mol. The topological polar surface area (TPSA) is 45.5 Å². The van der Waals surface area contributed by atoms with Gasteiger partial charge in [0, 0.05) is 24.8 Å². The summed E-state index contributed by atoms with van der Waals surface area (Å²) in [7, 11) is 2.04. The molecule has 102 valence electrons. The number of aromatic nitrogens is 3. The summed E-state index contributed by atoms with van der Waals surface area (Å²) < 4.78 is 1.87. The van der Waals surface area contributed by atoms with Crippen LogP contribution in [0, 0.1) is 6.92 Å². The highest BCUT2D eigenvalue weighted by molar-refractivity contribution is 5.45. The number of nitrogens with one attached hydrogen (secondary N) is 1. The van der Waals surface area contributed by atoms with Gasteiger partial charge in [0.15, 0.2) is 5.65 Å². The lowest BCUT2D eigenvalue weighted by molar-refractivity contribution is 0.303. The van der Waals surface area contributed by atoms with Crippen molar-refractivity contribution < 1.29 is 0 Å². The molecule has 1 aliphatic heterocycles. The number of anilines is 1. The van der Waals surface area contributed by atoms with E-state index in [1.165, 1.54) is 5.56 Å². The van der Waals surface area contributed by atoms with Crippen molar-refractivity contribution in [2.24, 2.45) is 0 Å². The van der Waals surface area contributed by atoms with Gasteiger partial charge in [-0.1, -0.05) is 6.07 Å². The molecule has 3 rings (SSSR count). The van der Waals surface area contributed by atoms with Gasteiger partial charge in [0.05, 0.1) is 0 Å². The van der Waals surface area contributed by atoms with Crippen LogP contribution in [-0.2, 0) is 0 Å². The smallest absolute Gasteiger partial charge is 0.245 e. The third-order valence-electron chi connectivity index (χ3n) is 4.22. The van der Waals surface area contributed by atoms with Gasteiger partial charge < -0.3 is 10.2 Å². The Labute approximate surface area is 113 Å². The fourth-order valence-corrected chi connectivity index (χ4v) is 2.56. The van der Waals surface area contributed by atoms with Crippen LogP contribution < -0.4 is 10.2 Å². The van der Waals surface area contributed by atoms with Gasteiger partial charge in [-0.15, -0.1) is 5.10 Å². The van der Waals surface area contributed by atoms with Crippen molar-refractivity contribution in [1.82, 2.24) is 19.9 Å². The molecule has 2 aromatic rings. The van der Waals surface area contributed by atoms with Crippen LogP contribution in [0.5, 0.6) is 0 Å². The molecule has 2 aromatic heterocycles. The summed E-state index contributed by atoms with van der Waals surface area (Å²) in [5.74, 6) is 0.851. The molecule has 0 radical (unpaired) electrons. The molecule has 0 aliphatic carbocycles. The van der Waals surface area contributed by atoms with Crippen molar-refractivity contribution >= 4 is 11.6 Å². The molecule has 5 nitrogen and oxygen atoms in total. The lowest BCUT2D eigenvalue weighted by Crippen LogP contribution is -2.50. The molecule has 1 fully saturated rings. The molecule has 0 aromatic carbocycles. The molecule has 0 spiro atoms. The summed E-state index contributed by atoms with van der Waals surface area (Å²) in [6.45, 7) is 6.37. The molecule has 1 N–H and O–H groups in total. The molecule has 5 heteroatoms. The minimum Gasteiger partial charge on any atom is -0.339 e. The van der Waals surface area contributed by atoms with E-state index in [2.05, 4.69) is 40.2 Å². The number of aryl methyl sites for hydroxylation is 1. The number of hydrogen-bond acceptors (Lipinski definition) is 4. The molecule has 0 amide bonds. The molecular formula is C14H21N5. The first kappa shape index (κ1) is 12.4. The first-order chi connectivity index (χ1) is 9.09. The zero-order valence-electron chi connectivity index (χ0n) is 11.8. The van der Waals surface area contributed by atoms with Crippen LogP contribution in [0.2, 0.25) is 0 Å². The minimum atomic E-state index is 0.256. The Hall–Kier alpha value is -1.62. The van der Waals surface area contributed by atoms with Crippen LogP contribution in [0.4, 0.5) is 5.95 Å². The molecule has 3 heterocycles. The van der Waals surface area contributed by atoms with Gasteiger partial charge in [-0.3, -0.25) is 0 Å². The number of piperidine rings is 1. The Morgan fingerprint density at radius 3 is 2.68 bits per heavy atom. The normalized spacial score (nSPS) is 19.0. The van der Waals surface area contributed by atoms with E-state index in [1.54, 1.807) is 0 Å². The van der Waals surface area contributed by atoms with E-state index in [1.807, 2.05) is 23.8 Å². The second kappa shape index (κ2) is 4.49. The van der Waals surface area contributed by atoms with Gasteiger partial charge in [-0.25, -0.2) is 4.52 Å². The van der Waals surface area contributed by atoms with Crippen LogP contribution in [0.3, 0.4) is 0 Å². The van der Waals surface area contributed by atoms with Crippen molar-refractivity contribution in [3.8, 4) is 0 Å². The highest BCUT2D eigenvalue weighted by Crippen LogP contribution is 2.24. The van der Waals surface area contributed by atoms with Crippen LogP contribution in [0.25, 0.3) is 5.65 Å². The number of hydrogen-bond donors (Lipinski definition) is 1. The highest BCUT2D eigenvalue weighted by Gasteiger charge is 2.29. The predicted molar refractivity (Wildman–Crippen MR) is 76.6 cm³/mol. The maximum Gasteiger partial charge on any atom is 0.245 e. The first-order valence-electron chi connectivity index (χ1n) is 6.87. The summed E-state index contributed by atoms with van der Waals surface area (Å²) in [4.78, 5) is 6.89. The Kier molecular flexibility index (Phi) is 2.93. The second-order valence-corrected chi connectivity index (χ2v) is 5.72.